The van der Waals surface area contributed by atoms with Gasteiger partial charge in [0.1, 0.15) is 11.5 Å². The van der Waals surface area contributed by atoms with Crippen molar-refractivity contribution in [2.24, 2.45) is 5.41 Å². The van der Waals surface area contributed by atoms with Gasteiger partial charge in [-0.3, -0.25) is 4.79 Å². The summed E-state index contributed by atoms with van der Waals surface area (Å²) >= 11 is 0. The van der Waals surface area contributed by atoms with Crippen molar-refractivity contribution in [3.05, 3.63) is 130 Å². The molecular formula is C48H58N2O6. The second-order valence-electron chi connectivity index (χ2n) is 16.4. The van der Waals surface area contributed by atoms with Gasteiger partial charge in [-0.15, -0.1) is 0 Å². The number of urea groups is 1. The third kappa shape index (κ3) is 8.87. The molecule has 4 aromatic carbocycles. The first-order valence-electron chi connectivity index (χ1n) is 20.0. The first-order valence-corrected chi connectivity index (χ1v) is 20.0. The van der Waals surface area contributed by atoms with Gasteiger partial charge in [-0.25, -0.2) is 4.79 Å². The minimum absolute atomic E-state index is 0.0823. The SMILES string of the molecule is COc1ccc(CN(CC2(O)CCC3c4ccc(cc4C(=O)c4ccc(-c5ccccc5)cc4)CC(O)CCC(C)=CCCC32C)C(=O)NC(C)C)c(OC)c1. The smallest absolute Gasteiger partial charge is 0.317 e. The highest BCUT2D eigenvalue weighted by Crippen LogP contribution is 2.59. The first-order chi connectivity index (χ1) is 26.8. The molecule has 0 saturated heterocycles. The summed E-state index contributed by atoms with van der Waals surface area (Å²) < 4.78 is 11.2. The Labute approximate surface area is 332 Å². The molecule has 8 heteroatoms. The van der Waals surface area contributed by atoms with Gasteiger partial charge in [-0.05, 0) is 112 Å². The molecule has 4 aromatic rings. The lowest BCUT2D eigenvalue weighted by Crippen LogP contribution is -2.55. The van der Waals surface area contributed by atoms with Crippen molar-refractivity contribution in [1.29, 1.82) is 0 Å². The van der Waals surface area contributed by atoms with Gasteiger partial charge >= 0.3 is 6.03 Å². The van der Waals surface area contributed by atoms with Gasteiger partial charge in [0, 0.05) is 34.2 Å². The van der Waals surface area contributed by atoms with Crippen molar-refractivity contribution in [2.75, 3.05) is 20.8 Å². The van der Waals surface area contributed by atoms with E-state index < -0.39 is 17.1 Å². The van der Waals surface area contributed by atoms with Crippen molar-refractivity contribution < 1.29 is 29.3 Å². The molecule has 2 amide bonds. The van der Waals surface area contributed by atoms with Gasteiger partial charge < -0.3 is 29.9 Å². The van der Waals surface area contributed by atoms with Crippen molar-refractivity contribution >= 4 is 11.8 Å². The quantitative estimate of drug-likeness (QED) is 0.110. The molecule has 3 aliphatic rings. The van der Waals surface area contributed by atoms with E-state index in [-0.39, 0.29) is 36.9 Å². The van der Waals surface area contributed by atoms with Crippen molar-refractivity contribution in [1.82, 2.24) is 10.2 Å². The molecule has 8 nitrogen and oxygen atoms in total. The summed E-state index contributed by atoms with van der Waals surface area (Å²) in [6.07, 6.45) is 5.95. The van der Waals surface area contributed by atoms with Crippen LogP contribution >= 0.6 is 0 Å². The number of allylic oxidation sites excluding steroid dienone is 2. The summed E-state index contributed by atoms with van der Waals surface area (Å²) in [6.45, 7) is 8.40. The molecule has 3 N–H and O–H groups in total. The van der Waals surface area contributed by atoms with E-state index >= 15 is 0 Å². The Morgan fingerprint density at radius 3 is 2.34 bits per heavy atom. The molecule has 296 valence electrons. The molecule has 0 aromatic heterocycles. The first kappa shape index (κ1) is 40.7. The fourth-order valence-corrected chi connectivity index (χ4v) is 8.84. The van der Waals surface area contributed by atoms with Crippen molar-refractivity contribution in [3.8, 4) is 22.6 Å². The normalized spacial score (nSPS) is 22.5. The molecule has 7 rings (SSSR count). The van der Waals surface area contributed by atoms with E-state index in [2.05, 4.69) is 43.4 Å². The molecular weight excluding hydrogens is 701 g/mol. The number of rotatable bonds is 10. The van der Waals surface area contributed by atoms with Crippen LogP contribution < -0.4 is 14.8 Å². The van der Waals surface area contributed by atoms with Crippen LogP contribution in [0.3, 0.4) is 0 Å². The van der Waals surface area contributed by atoms with E-state index in [9.17, 15) is 19.8 Å². The lowest BCUT2D eigenvalue weighted by atomic mass is 9.64. The van der Waals surface area contributed by atoms with Crippen LogP contribution in [0.2, 0.25) is 0 Å². The summed E-state index contributed by atoms with van der Waals surface area (Å²) in [7, 11) is 3.20. The summed E-state index contributed by atoms with van der Waals surface area (Å²) in [5.74, 6) is 0.977. The maximum atomic E-state index is 14.7. The fraction of sp³-hybridized carbons (Fsp3) is 0.417. The molecule has 0 heterocycles. The number of fused-ring (bicyclic) bond motifs is 8. The Balaban J connectivity index is 1.41. The van der Waals surface area contributed by atoms with Gasteiger partial charge in [0.25, 0.3) is 0 Å². The molecule has 4 atom stereocenters. The number of hydrogen-bond donors (Lipinski definition) is 3. The highest BCUT2D eigenvalue weighted by Gasteiger charge is 2.57. The lowest BCUT2D eigenvalue weighted by Gasteiger charge is -2.46. The average molecular weight is 759 g/mol. The zero-order valence-corrected chi connectivity index (χ0v) is 33.8. The third-order valence-electron chi connectivity index (χ3n) is 12.2. The van der Waals surface area contributed by atoms with E-state index in [0.717, 1.165) is 34.2 Å². The number of carbonyl (C=O) groups is 2. The van der Waals surface area contributed by atoms with Crippen LogP contribution in [-0.2, 0) is 13.0 Å². The number of hydrogen-bond acceptors (Lipinski definition) is 6. The van der Waals surface area contributed by atoms with Gasteiger partial charge in [0.15, 0.2) is 5.78 Å². The van der Waals surface area contributed by atoms with Crippen LogP contribution in [0.4, 0.5) is 4.79 Å². The third-order valence-corrected chi connectivity index (χ3v) is 12.2. The lowest BCUT2D eigenvalue weighted by molar-refractivity contribution is -0.0781. The van der Waals surface area contributed by atoms with E-state index in [1.54, 1.807) is 25.2 Å². The van der Waals surface area contributed by atoms with Gasteiger partial charge in [0.05, 0.1) is 39.0 Å². The number of aliphatic hydroxyl groups excluding tert-OH is 1. The maximum absolute atomic E-state index is 14.7. The molecule has 0 aliphatic heterocycles. The molecule has 4 unspecified atom stereocenters. The zero-order valence-electron chi connectivity index (χ0n) is 33.8. The number of ketones is 1. The predicted molar refractivity (Wildman–Crippen MR) is 222 cm³/mol. The average Bonchev–Trinajstić information content (AvgIpc) is 3.45. The summed E-state index contributed by atoms with van der Waals surface area (Å²) in [4.78, 5) is 30.4. The van der Waals surface area contributed by atoms with Gasteiger partial charge in [0.2, 0.25) is 0 Å². The van der Waals surface area contributed by atoms with Crippen LogP contribution in [-0.4, -0.2) is 65.4 Å². The number of aliphatic hydroxyl groups is 2. The molecule has 0 spiro atoms. The molecule has 1 saturated carbocycles. The monoisotopic (exact) mass is 758 g/mol. The number of amides is 2. The van der Waals surface area contributed by atoms with Crippen molar-refractivity contribution in [2.45, 2.75) is 103 Å². The standard InChI is InChI=1S/C48H58N2O6/c1-32(2)49-46(53)50(30-38-20-22-40(55-5)29-44(38)56-6)31-48(54)26-24-43-41-23-15-34(27-39(51)21-14-33(3)11-10-25-47(43,48)4)28-42(41)45(52)37-18-16-36(17-19-37)35-12-8-7-9-13-35/h7-9,11-13,15-20,22-23,28-29,32,39,43,51,54H,10,14,21,24-27,30-31H2,1-6H3,(H,49,53). The molecule has 2 bridgehead atoms. The predicted octanol–water partition coefficient (Wildman–Crippen LogP) is 9.26. The number of methoxy groups -OCH3 is 2. The Morgan fingerprint density at radius 2 is 1.64 bits per heavy atom. The van der Waals surface area contributed by atoms with E-state index in [1.807, 2.05) is 80.6 Å². The molecule has 56 heavy (non-hydrogen) atoms. The van der Waals surface area contributed by atoms with Gasteiger partial charge in [-0.1, -0.05) is 85.3 Å². The van der Waals surface area contributed by atoms with E-state index in [4.69, 9.17) is 9.47 Å². The Kier molecular flexibility index (Phi) is 12.7. The van der Waals surface area contributed by atoms with E-state index in [1.165, 1.54) is 5.57 Å². The number of ether oxygens (including phenoxy) is 2. The maximum Gasteiger partial charge on any atom is 0.317 e. The second kappa shape index (κ2) is 17.5. The Hall–Kier alpha value is -4.92. The fourth-order valence-electron chi connectivity index (χ4n) is 8.84. The summed E-state index contributed by atoms with van der Waals surface area (Å²) in [5.41, 5.74) is 5.08. The van der Waals surface area contributed by atoms with Crippen LogP contribution in [0.5, 0.6) is 11.5 Å². The molecule has 3 aliphatic carbocycles. The van der Waals surface area contributed by atoms with Crippen LogP contribution in [0.15, 0.2) is 103 Å². The highest BCUT2D eigenvalue weighted by molar-refractivity contribution is 6.10. The van der Waals surface area contributed by atoms with Crippen molar-refractivity contribution in [3.63, 3.8) is 0 Å². The van der Waals surface area contributed by atoms with Crippen LogP contribution in [0, 0.1) is 5.41 Å². The summed E-state index contributed by atoms with van der Waals surface area (Å²) in [6, 6.07) is 29.1. The molecule has 0 radical (unpaired) electrons. The number of benzene rings is 4. The Bertz CT molecular complexity index is 2030. The minimum atomic E-state index is -1.29. The van der Waals surface area contributed by atoms with Gasteiger partial charge in [-0.2, -0.15) is 0 Å². The van der Waals surface area contributed by atoms with Crippen LogP contribution in [0.25, 0.3) is 11.1 Å². The topological polar surface area (TPSA) is 108 Å². The highest BCUT2D eigenvalue weighted by atomic mass is 16.5. The second-order valence-corrected chi connectivity index (χ2v) is 16.4. The van der Waals surface area contributed by atoms with E-state index in [0.29, 0.717) is 61.2 Å². The number of nitrogens with one attached hydrogen (secondary N) is 1. The molecule has 1 fully saturated rings. The zero-order chi connectivity index (χ0) is 40.0. The minimum Gasteiger partial charge on any atom is -0.497 e. The number of nitrogens with zero attached hydrogens (tertiary/aromatic N) is 1. The largest absolute Gasteiger partial charge is 0.497 e. The van der Waals surface area contributed by atoms with Crippen LogP contribution in [0.1, 0.15) is 105 Å². The Morgan fingerprint density at radius 1 is 0.911 bits per heavy atom. The summed E-state index contributed by atoms with van der Waals surface area (Å²) in [5, 5.41) is 27.2. The number of carbonyl (C=O) groups excluding carboxylic acids is 2.